The number of nitrogens with one attached hydrogen (secondary N) is 1. The molecule has 7 nitrogen and oxygen atoms in total. The Morgan fingerprint density at radius 1 is 1.15 bits per heavy atom. The smallest absolute Gasteiger partial charge is 0.337 e. The van der Waals surface area contributed by atoms with Crippen molar-refractivity contribution in [1.29, 1.82) is 0 Å². The minimum absolute atomic E-state index is 0.145. The minimum Gasteiger partial charge on any atom is -0.337 e. The number of hydrogen-bond acceptors (Lipinski definition) is 4. The Morgan fingerprint density at radius 3 is 2.45 bits per heavy atom. The van der Waals surface area contributed by atoms with Crippen molar-refractivity contribution in [2.24, 2.45) is 0 Å². The van der Waals surface area contributed by atoms with Gasteiger partial charge in [-0.15, -0.1) is 0 Å². The highest BCUT2D eigenvalue weighted by Crippen LogP contribution is 2.39. The fourth-order valence-electron chi connectivity index (χ4n) is 4.64. The van der Waals surface area contributed by atoms with E-state index in [1.807, 2.05) is 0 Å². The molecular weight excluding hydrogens is 457 g/mol. The molecule has 0 atom stereocenters. The molecule has 180 valence electrons. The lowest BCUT2D eigenvalue weighted by atomic mass is 9.86. The summed E-state index contributed by atoms with van der Waals surface area (Å²) in [5, 5.41) is 6.45. The van der Waals surface area contributed by atoms with E-state index >= 15 is 0 Å². The minimum atomic E-state index is -4.41. The number of sulfonamides is 1. The topological polar surface area (TPSA) is 86.4 Å². The average molecular weight is 485 g/mol. The third-order valence-corrected chi connectivity index (χ3v) is 8.77. The number of nitrogens with zero attached hydrogens (tertiary/aromatic N) is 3. The first kappa shape index (κ1) is 23.7. The number of aromatic amines is 1. The number of amides is 1. The van der Waals surface area contributed by atoms with Crippen molar-refractivity contribution in [3.05, 3.63) is 52.3 Å². The fraction of sp³-hybridized carbons (Fsp3) is 0.545. The van der Waals surface area contributed by atoms with Crippen molar-refractivity contribution in [3.8, 4) is 0 Å². The van der Waals surface area contributed by atoms with E-state index in [0.717, 1.165) is 11.6 Å². The summed E-state index contributed by atoms with van der Waals surface area (Å²) in [6.45, 7) is 4.36. The summed E-state index contributed by atoms with van der Waals surface area (Å²) in [5.41, 5.74) is 1.28. The quantitative estimate of drug-likeness (QED) is 0.719. The molecule has 1 aromatic carbocycles. The predicted octanol–water partition coefficient (Wildman–Crippen LogP) is 3.54. The number of hydrogen-bond donors (Lipinski definition) is 1. The van der Waals surface area contributed by atoms with Gasteiger partial charge in [0.25, 0.3) is 5.91 Å². The van der Waals surface area contributed by atoms with Gasteiger partial charge >= 0.3 is 6.18 Å². The van der Waals surface area contributed by atoms with Gasteiger partial charge in [0, 0.05) is 25.2 Å². The van der Waals surface area contributed by atoms with E-state index in [9.17, 15) is 26.4 Å². The Bertz CT molecular complexity index is 1140. The van der Waals surface area contributed by atoms with Gasteiger partial charge in [-0.1, -0.05) is 18.2 Å². The first-order chi connectivity index (χ1) is 15.5. The number of carbonyl (C=O) groups is 1. The number of carbonyl (C=O) groups excluding carboxylic acids is 1. The zero-order valence-electron chi connectivity index (χ0n) is 18.5. The van der Waals surface area contributed by atoms with Gasteiger partial charge in [-0.25, -0.2) is 8.42 Å². The Kier molecular flexibility index (Phi) is 6.30. The van der Waals surface area contributed by atoms with Gasteiger partial charge in [0.2, 0.25) is 10.0 Å². The summed E-state index contributed by atoms with van der Waals surface area (Å²) in [6.07, 6.45) is -3.15. The number of fused-ring (bicyclic) bond motifs is 1. The number of benzene rings is 1. The second kappa shape index (κ2) is 8.75. The second-order valence-electron chi connectivity index (χ2n) is 8.86. The fourth-order valence-corrected chi connectivity index (χ4v) is 5.89. The zero-order chi connectivity index (χ0) is 24.0. The van der Waals surface area contributed by atoms with Crippen molar-refractivity contribution in [3.63, 3.8) is 0 Å². The maximum absolute atomic E-state index is 13.4. The van der Waals surface area contributed by atoms with Gasteiger partial charge in [0.1, 0.15) is 0 Å². The van der Waals surface area contributed by atoms with E-state index in [2.05, 4.69) is 10.2 Å². The SMILES string of the molecule is CC(C)S(=O)(=O)N1CCc2c(C(=O)N3CCC(c4ccccc4C(F)(F)F)CC3)n[nH]c2C1. The summed E-state index contributed by atoms with van der Waals surface area (Å²) < 4.78 is 66.5. The van der Waals surface area contributed by atoms with Gasteiger partial charge in [-0.05, 0) is 50.7 Å². The molecule has 1 fully saturated rings. The molecule has 0 spiro atoms. The zero-order valence-corrected chi connectivity index (χ0v) is 19.3. The molecule has 0 bridgehead atoms. The number of likely N-dealkylation sites (tertiary alicyclic amines) is 1. The molecule has 0 radical (unpaired) electrons. The number of aromatic nitrogens is 2. The maximum Gasteiger partial charge on any atom is 0.416 e. The van der Waals surface area contributed by atoms with Crippen LogP contribution in [0.15, 0.2) is 24.3 Å². The summed E-state index contributed by atoms with van der Waals surface area (Å²) in [6, 6.07) is 5.62. The van der Waals surface area contributed by atoms with E-state index in [-0.39, 0.29) is 36.2 Å². The standard InChI is InChI=1S/C22H27F3N4O3S/c1-14(2)33(31,32)29-12-9-17-19(13-29)26-27-20(17)21(30)28-10-7-15(8-11-28)16-5-3-4-6-18(16)22(23,24)25/h3-6,14-15H,7-13H2,1-2H3,(H,26,27). The number of alkyl halides is 3. The predicted molar refractivity (Wildman–Crippen MR) is 116 cm³/mol. The van der Waals surface area contributed by atoms with Crippen molar-refractivity contribution in [1.82, 2.24) is 19.4 Å². The molecular formula is C22H27F3N4O3S. The van der Waals surface area contributed by atoms with Crippen LogP contribution < -0.4 is 0 Å². The van der Waals surface area contributed by atoms with E-state index in [1.54, 1.807) is 24.8 Å². The molecule has 4 rings (SSSR count). The average Bonchev–Trinajstić information content (AvgIpc) is 3.21. The third kappa shape index (κ3) is 4.52. The molecule has 1 aromatic heterocycles. The maximum atomic E-state index is 13.4. The molecule has 2 aliphatic heterocycles. The molecule has 1 saturated heterocycles. The van der Waals surface area contributed by atoms with Crippen LogP contribution in [0.2, 0.25) is 0 Å². The second-order valence-corrected chi connectivity index (χ2v) is 11.3. The Hall–Kier alpha value is -2.40. The normalized spacial score (nSPS) is 18.5. The van der Waals surface area contributed by atoms with E-state index in [0.29, 0.717) is 38.0 Å². The highest BCUT2D eigenvalue weighted by atomic mass is 32.2. The largest absolute Gasteiger partial charge is 0.416 e. The highest BCUT2D eigenvalue weighted by molar-refractivity contribution is 7.89. The lowest BCUT2D eigenvalue weighted by Crippen LogP contribution is -2.41. The number of H-pyrrole nitrogens is 1. The first-order valence-electron chi connectivity index (χ1n) is 11.0. The summed E-state index contributed by atoms with van der Waals surface area (Å²) >= 11 is 0. The first-order valence-corrected chi connectivity index (χ1v) is 12.5. The molecule has 0 saturated carbocycles. The van der Waals surface area contributed by atoms with Gasteiger partial charge in [-0.3, -0.25) is 9.89 Å². The van der Waals surface area contributed by atoms with Crippen LogP contribution in [0.1, 0.15) is 65.5 Å². The molecule has 33 heavy (non-hydrogen) atoms. The van der Waals surface area contributed by atoms with Gasteiger partial charge < -0.3 is 4.90 Å². The van der Waals surface area contributed by atoms with Crippen molar-refractivity contribution < 1.29 is 26.4 Å². The van der Waals surface area contributed by atoms with Crippen molar-refractivity contribution >= 4 is 15.9 Å². The highest BCUT2D eigenvalue weighted by Gasteiger charge is 2.37. The Labute approximate surface area is 191 Å². The summed E-state index contributed by atoms with van der Waals surface area (Å²) in [4.78, 5) is 14.7. The number of piperidine rings is 1. The van der Waals surface area contributed by atoms with Crippen LogP contribution in [0.25, 0.3) is 0 Å². The van der Waals surface area contributed by atoms with Crippen LogP contribution in [0.5, 0.6) is 0 Å². The molecule has 1 amide bonds. The summed E-state index contributed by atoms with van der Waals surface area (Å²) in [7, 11) is -3.41. The van der Waals surface area contributed by atoms with Crippen LogP contribution in [0, 0.1) is 0 Å². The van der Waals surface area contributed by atoms with Crippen LogP contribution in [0.3, 0.4) is 0 Å². The molecule has 11 heteroatoms. The molecule has 0 unspecified atom stereocenters. The van der Waals surface area contributed by atoms with Crippen LogP contribution >= 0.6 is 0 Å². The number of rotatable bonds is 4. The molecule has 2 aliphatic rings. The van der Waals surface area contributed by atoms with E-state index in [4.69, 9.17) is 0 Å². The summed E-state index contributed by atoms with van der Waals surface area (Å²) in [5.74, 6) is -0.537. The van der Waals surface area contributed by atoms with Crippen LogP contribution in [-0.4, -0.2) is 58.6 Å². The van der Waals surface area contributed by atoms with E-state index in [1.165, 1.54) is 16.4 Å². The molecule has 3 heterocycles. The Morgan fingerprint density at radius 2 is 1.82 bits per heavy atom. The molecule has 1 N–H and O–H groups in total. The monoisotopic (exact) mass is 484 g/mol. The van der Waals surface area contributed by atoms with Gasteiger partial charge in [0.05, 0.1) is 23.1 Å². The number of halogens is 3. The van der Waals surface area contributed by atoms with Gasteiger partial charge in [0.15, 0.2) is 5.69 Å². The van der Waals surface area contributed by atoms with Crippen LogP contribution in [0.4, 0.5) is 13.2 Å². The molecule has 2 aromatic rings. The third-order valence-electron chi connectivity index (χ3n) is 6.54. The molecule has 0 aliphatic carbocycles. The lowest BCUT2D eigenvalue weighted by molar-refractivity contribution is -0.138. The van der Waals surface area contributed by atoms with Crippen molar-refractivity contribution in [2.45, 2.75) is 57.0 Å². The van der Waals surface area contributed by atoms with E-state index < -0.39 is 27.0 Å². The lowest BCUT2D eigenvalue weighted by Gasteiger charge is -2.33. The van der Waals surface area contributed by atoms with Crippen molar-refractivity contribution in [2.75, 3.05) is 19.6 Å². The van der Waals surface area contributed by atoms with Crippen LogP contribution in [-0.2, 0) is 29.2 Å². The Balaban J connectivity index is 1.45. The van der Waals surface area contributed by atoms with Gasteiger partial charge in [-0.2, -0.15) is 22.6 Å².